The van der Waals surface area contributed by atoms with Crippen molar-refractivity contribution in [3.8, 4) is 0 Å². The second-order valence-electron chi connectivity index (χ2n) is 9.25. The standard InChI is InChI=1S/C25H38F2/c1-3-5-18-6-11-21(12-7-18)22-13-8-19(9-14-22)10-15-23-17-16-20(4-2)24(26)25(23)27/h16-19,21-22H,3-15H2,1-2H3. The minimum atomic E-state index is -0.627. The highest BCUT2D eigenvalue weighted by molar-refractivity contribution is 5.26. The van der Waals surface area contributed by atoms with Gasteiger partial charge in [-0.15, -0.1) is 0 Å². The molecule has 0 bridgehead atoms. The third-order valence-corrected chi connectivity index (χ3v) is 7.59. The first-order valence-corrected chi connectivity index (χ1v) is 11.6. The summed E-state index contributed by atoms with van der Waals surface area (Å²) in [4.78, 5) is 0. The van der Waals surface area contributed by atoms with E-state index in [1.807, 2.05) is 6.92 Å². The second kappa shape index (κ2) is 10.0. The van der Waals surface area contributed by atoms with Gasteiger partial charge >= 0.3 is 0 Å². The number of hydrogen-bond donors (Lipinski definition) is 0. The Bertz CT molecular complexity index is 578. The van der Waals surface area contributed by atoms with E-state index in [0.29, 0.717) is 29.9 Å². The largest absolute Gasteiger partial charge is 0.203 e. The molecule has 0 amide bonds. The Balaban J connectivity index is 1.42. The van der Waals surface area contributed by atoms with Crippen LogP contribution in [0.3, 0.4) is 0 Å². The lowest BCUT2D eigenvalue weighted by atomic mass is 9.68. The van der Waals surface area contributed by atoms with E-state index in [0.717, 1.165) is 24.2 Å². The molecule has 0 unspecified atom stereocenters. The maximum absolute atomic E-state index is 14.2. The number of rotatable bonds is 7. The minimum Gasteiger partial charge on any atom is -0.203 e. The number of hydrogen-bond acceptors (Lipinski definition) is 0. The van der Waals surface area contributed by atoms with E-state index in [1.54, 1.807) is 12.1 Å². The molecule has 1 aromatic carbocycles. The topological polar surface area (TPSA) is 0 Å². The van der Waals surface area contributed by atoms with Crippen LogP contribution in [0.15, 0.2) is 12.1 Å². The van der Waals surface area contributed by atoms with Crippen LogP contribution in [-0.4, -0.2) is 0 Å². The quantitative estimate of drug-likeness (QED) is 0.454. The highest BCUT2D eigenvalue weighted by atomic mass is 19.2. The van der Waals surface area contributed by atoms with Crippen LogP contribution in [0.2, 0.25) is 0 Å². The van der Waals surface area contributed by atoms with Gasteiger partial charge in [-0.3, -0.25) is 0 Å². The summed E-state index contributed by atoms with van der Waals surface area (Å²) in [6.45, 7) is 4.18. The molecule has 2 heteroatoms. The molecule has 2 saturated carbocycles. The van der Waals surface area contributed by atoms with E-state index in [1.165, 1.54) is 64.2 Å². The number of halogens is 2. The zero-order chi connectivity index (χ0) is 19.2. The van der Waals surface area contributed by atoms with Crippen LogP contribution in [0.4, 0.5) is 8.78 Å². The lowest BCUT2D eigenvalue weighted by Crippen LogP contribution is -2.26. The number of aryl methyl sites for hydroxylation is 2. The van der Waals surface area contributed by atoms with Crippen LogP contribution in [0.25, 0.3) is 0 Å². The maximum atomic E-state index is 14.2. The molecule has 2 aliphatic carbocycles. The lowest BCUT2D eigenvalue weighted by Gasteiger charge is -2.38. The molecular weight excluding hydrogens is 338 g/mol. The van der Waals surface area contributed by atoms with Crippen LogP contribution in [0.5, 0.6) is 0 Å². The Morgan fingerprint density at radius 2 is 1.19 bits per heavy atom. The smallest absolute Gasteiger partial charge is 0.162 e. The van der Waals surface area contributed by atoms with Gasteiger partial charge < -0.3 is 0 Å². The third kappa shape index (κ3) is 5.33. The summed E-state index contributed by atoms with van der Waals surface area (Å²) < 4.78 is 28.2. The van der Waals surface area contributed by atoms with E-state index in [9.17, 15) is 8.78 Å². The van der Waals surface area contributed by atoms with Crippen LogP contribution < -0.4 is 0 Å². The van der Waals surface area contributed by atoms with Crippen molar-refractivity contribution in [3.63, 3.8) is 0 Å². The summed E-state index contributed by atoms with van der Waals surface area (Å²) in [6.07, 6.45) is 16.1. The molecule has 3 rings (SSSR count). The average Bonchev–Trinajstić information content (AvgIpc) is 2.70. The van der Waals surface area contributed by atoms with Crippen LogP contribution in [0.1, 0.15) is 95.6 Å². The van der Waals surface area contributed by atoms with Crippen molar-refractivity contribution >= 4 is 0 Å². The Hall–Kier alpha value is -0.920. The van der Waals surface area contributed by atoms with Crippen molar-refractivity contribution in [1.29, 1.82) is 0 Å². The minimum absolute atomic E-state index is 0.491. The number of benzene rings is 1. The molecule has 0 heterocycles. The van der Waals surface area contributed by atoms with Crippen LogP contribution in [-0.2, 0) is 12.8 Å². The van der Waals surface area contributed by atoms with E-state index >= 15 is 0 Å². The highest BCUT2D eigenvalue weighted by Crippen LogP contribution is 2.43. The van der Waals surface area contributed by atoms with E-state index < -0.39 is 11.6 Å². The second-order valence-corrected chi connectivity index (χ2v) is 9.25. The van der Waals surface area contributed by atoms with E-state index in [4.69, 9.17) is 0 Å². The molecule has 2 aliphatic rings. The predicted molar refractivity (Wildman–Crippen MR) is 110 cm³/mol. The molecule has 2 fully saturated rings. The summed E-state index contributed by atoms with van der Waals surface area (Å²) in [7, 11) is 0. The van der Waals surface area contributed by atoms with Crippen LogP contribution >= 0.6 is 0 Å². The first-order valence-electron chi connectivity index (χ1n) is 11.6. The monoisotopic (exact) mass is 376 g/mol. The highest BCUT2D eigenvalue weighted by Gasteiger charge is 2.30. The molecule has 0 aliphatic heterocycles. The van der Waals surface area contributed by atoms with Gasteiger partial charge in [0.05, 0.1) is 0 Å². The molecule has 0 aromatic heterocycles. The molecule has 0 nitrogen and oxygen atoms in total. The molecule has 0 saturated heterocycles. The summed E-state index contributed by atoms with van der Waals surface area (Å²) in [6, 6.07) is 3.57. The first-order chi connectivity index (χ1) is 13.1. The first kappa shape index (κ1) is 20.8. The SMILES string of the molecule is CCCC1CCC(C2CCC(CCc3ccc(CC)c(F)c3F)CC2)CC1. The fraction of sp³-hybridized carbons (Fsp3) is 0.760. The molecule has 27 heavy (non-hydrogen) atoms. The molecule has 0 spiro atoms. The van der Waals surface area contributed by atoms with Crippen molar-refractivity contribution in [2.24, 2.45) is 23.7 Å². The molecular formula is C25H38F2. The Labute approximate surface area is 165 Å². The van der Waals surface area contributed by atoms with Gasteiger partial charge in [0.25, 0.3) is 0 Å². The molecule has 0 atom stereocenters. The fourth-order valence-corrected chi connectivity index (χ4v) is 5.76. The molecule has 0 radical (unpaired) electrons. The molecule has 0 N–H and O–H groups in total. The summed E-state index contributed by atoms with van der Waals surface area (Å²) in [5.74, 6) is 2.36. The zero-order valence-electron chi connectivity index (χ0n) is 17.4. The van der Waals surface area contributed by atoms with Crippen molar-refractivity contribution in [2.45, 2.75) is 97.3 Å². The Morgan fingerprint density at radius 3 is 1.70 bits per heavy atom. The van der Waals surface area contributed by atoms with E-state index in [-0.39, 0.29) is 0 Å². The van der Waals surface area contributed by atoms with Crippen molar-refractivity contribution in [1.82, 2.24) is 0 Å². The van der Waals surface area contributed by atoms with Gasteiger partial charge in [0.2, 0.25) is 0 Å². The third-order valence-electron chi connectivity index (χ3n) is 7.59. The predicted octanol–water partition coefficient (Wildman–Crippen LogP) is 7.87. The Morgan fingerprint density at radius 1 is 0.704 bits per heavy atom. The maximum Gasteiger partial charge on any atom is 0.162 e. The van der Waals surface area contributed by atoms with Gasteiger partial charge in [-0.2, -0.15) is 0 Å². The molecule has 1 aromatic rings. The zero-order valence-corrected chi connectivity index (χ0v) is 17.4. The van der Waals surface area contributed by atoms with Crippen molar-refractivity contribution in [3.05, 3.63) is 34.9 Å². The van der Waals surface area contributed by atoms with Crippen LogP contribution in [0, 0.1) is 35.3 Å². The normalized spacial score (nSPS) is 29.0. The van der Waals surface area contributed by atoms with E-state index in [2.05, 4.69) is 6.92 Å². The lowest BCUT2D eigenvalue weighted by molar-refractivity contribution is 0.141. The van der Waals surface area contributed by atoms with Gasteiger partial charge in [-0.1, -0.05) is 64.5 Å². The van der Waals surface area contributed by atoms with Crippen molar-refractivity contribution < 1.29 is 8.78 Å². The summed E-state index contributed by atoms with van der Waals surface area (Å²) in [5, 5.41) is 0. The fourth-order valence-electron chi connectivity index (χ4n) is 5.76. The average molecular weight is 377 g/mol. The summed E-state index contributed by atoms with van der Waals surface area (Å²) >= 11 is 0. The van der Waals surface area contributed by atoms with Gasteiger partial charge in [0, 0.05) is 0 Å². The summed E-state index contributed by atoms with van der Waals surface area (Å²) in [5.41, 5.74) is 1.06. The van der Waals surface area contributed by atoms with Gasteiger partial charge in [-0.25, -0.2) is 8.78 Å². The molecule has 152 valence electrons. The Kier molecular flexibility index (Phi) is 7.73. The van der Waals surface area contributed by atoms with Crippen molar-refractivity contribution in [2.75, 3.05) is 0 Å². The van der Waals surface area contributed by atoms with Gasteiger partial charge in [0.1, 0.15) is 0 Å². The van der Waals surface area contributed by atoms with Gasteiger partial charge in [0.15, 0.2) is 11.6 Å². The van der Waals surface area contributed by atoms with Gasteiger partial charge in [-0.05, 0) is 79.7 Å².